The van der Waals surface area contributed by atoms with Crippen LogP contribution in [-0.2, 0) is 9.59 Å². The van der Waals surface area contributed by atoms with Gasteiger partial charge in [-0.05, 0) is 39.2 Å². The summed E-state index contributed by atoms with van der Waals surface area (Å²) < 4.78 is 0. The molecule has 2 aliphatic heterocycles. The van der Waals surface area contributed by atoms with Gasteiger partial charge in [-0.25, -0.2) is 0 Å². The van der Waals surface area contributed by atoms with Crippen molar-refractivity contribution in [3.8, 4) is 0 Å². The third kappa shape index (κ3) is 2.97. The van der Waals surface area contributed by atoms with Crippen LogP contribution in [0.25, 0.3) is 0 Å². The average molecular weight is 281 g/mol. The molecule has 0 aromatic heterocycles. The summed E-state index contributed by atoms with van der Waals surface area (Å²) in [4.78, 5) is 26.5. The molecule has 5 nitrogen and oxygen atoms in total. The highest BCUT2D eigenvalue weighted by molar-refractivity contribution is 5.84. The fourth-order valence-corrected chi connectivity index (χ4v) is 3.38. The van der Waals surface area contributed by atoms with Crippen molar-refractivity contribution >= 4 is 11.8 Å². The summed E-state index contributed by atoms with van der Waals surface area (Å²) >= 11 is 0. The van der Waals surface area contributed by atoms with Crippen molar-refractivity contribution in [2.45, 2.75) is 39.5 Å². The molecule has 0 aromatic rings. The predicted molar refractivity (Wildman–Crippen MR) is 78.2 cm³/mol. The second-order valence-electron chi connectivity index (χ2n) is 6.02. The normalized spacial score (nSPS) is 27.6. The summed E-state index contributed by atoms with van der Waals surface area (Å²) in [6, 6.07) is 0. The van der Waals surface area contributed by atoms with Gasteiger partial charge in [-0.3, -0.25) is 9.59 Å². The Morgan fingerprint density at radius 2 is 2.00 bits per heavy atom. The van der Waals surface area contributed by atoms with Crippen LogP contribution >= 0.6 is 0 Å². The summed E-state index contributed by atoms with van der Waals surface area (Å²) in [6.45, 7) is 7.92. The molecule has 5 heteroatoms. The number of nitrogens with one attached hydrogen (secondary N) is 2. The fraction of sp³-hybridized carbons (Fsp3) is 0.867. The van der Waals surface area contributed by atoms with Crippen LogP contribution in [0.15, 0.2) is 0 Å². The first-order chi connectivity index (χ1) is 9.63. The molecule has 2 fully saturated rings. The molecule has 0 aliphatic carbocycles. The van der Waals surface area contributed by atoms with Gasteiger partial charge in [0.2, 0.25) is 11.8 Å². The third-order valence-electron chi connectivity index (χ3n) is 4.88. The maximum Gasteiger partial charge on any atom is 0.230 e. The minimum absolute atomic E-state index is 0.0817. The molecule has 2 heterocycles. The lowest BCUT2D eigenvalue weighted by atomic mass is 9.82. The highest BCUT2D eigenvalue weighted by Gasteiger charge is 2.43. The molecule has 2 amide bonds. The van der Waals surface area contributed by atoms with Crippen LogP contribution in [0.1, 0.15) is 39.5 Å². The van der Waals surface area contributed by atoms with Crippen molar-refractivity contribution in [2.75, 3.05) is 32.7 Å². The number of amides is 2. The summed E-state index contributed by atoms with van der Waals surface area (Å²) in [6.07, 6.45) is 3.43. The van der Waals surface area contributed by atoms with Gasteiger partial charge in [-0.15, -0.1) is 0 Å². The predicted octanol–water partition coefficient (Wildman–Crippen LogP) is 0.751. The Morgan fingerprint density at radius 3 is 2.50 bits per heavy atom. The number of carbonyl (C=O) groups is 2. The van der Waals surface area contributed by atoms with E-state index in [1.165, 1.54) is 0 Å². The van der Waals surface area contributed by atoms with Crippen LogP contribution in [0.5, 0.6) is 0 Å². The smallest absolute Gasteiger partial charge is 0.230 e. The average Bonchev–Trinajstić information content (AvgIpc) is 2.97. The molecule has 2 rings (SSSR count). The molecular weight excluding hydrogens is 254 g/mol. The largest absolute Gasteiger partial charge is 0.356 e. The van der Waals surface area contributed by atoms with Gasteiger partial charge >= 0.3 is 0 Å². The number of carbonyl (C=O) groups excluding carboxylic acids is 2. The van der Waals surface area contributed by atoms with Crippen LogP contribution in [0.3, 0.4) is 0 Å². The monoisotopic (exact) mass is 281 g/mol. The van der Waals surface area contributed by atoms with Gasteiger partial charge in [0, 0.05) is 32.1 Å². The molecule has 2 saturated heterocycles. The lowest BCUT2D eigenvalue weighted by molar-refractivity contribution is -0.144. The summed E-state index contributed by atoms with van der Waals surface area (Å²) in [7, 11) is 0. The van der Waals surface area contributed by atoms with E-state index in [1.54, 1.807) is 0 Å². The van der Waals surface area contributed by atoms with Crippen molar-refractivity contribution in [3.63, 3.8) is 0 Å². The molecule has 20 heavy (non-hydrogen) atoms. The lowest BCUT2D eigenvalue weighted by Crippen LogP contribution is -2.49. The number of piperidine rings is 1. The Hall–Kier alpha value is -1.10. The second kappa shape index (κ2) is 6.57. The first kappa shape index (κ1) is 15.3. The zero-order valence-corrected chi connectivity index (χ0v) is 12.7. The SMILES string of the molecule is CCNC(=O)C1CCN(C(=O)C2(CC)CCNC2)CC1. The Kier molecular flexibility index (Phi) is 5.02. The molecular formula is C15H27N3O2. The van der Waals surface area contributed by atoms with Gasteiger partial charge in [0.1, 0.15) is 0 Å². The van der Waals surface area contributed by atoms with E-state index in [0.717, 1.165) is 51.9 Å². The highest BCUT2D eigenvalue weighted by atomic mass is 16.2. The molecule has 0 radical (unpaired) electrons. The van der Waals surface area contributed by atoms with E-state index in [2.05, 4.69) is 17.6 Å². The van der Waals surface area contributed by atoms with Crippen LogP contribution in [-0.4, -0.2) is 49.4 Å². The van der Waals surface area contributed by atoms with Crippen LogP contribution in [0.2, 0.25) is 0 Å². The quantitative estimate of drug-likeness (QED) is 0.799. The highest BCUT2D eigenvalue weighted by Crippen LogP contribution is 2.33. The van der Waals surface area contributed by atoms with Crippen LogP contribution < -0.4 is 10.6 Å². The zero-order chi connectivity index (χ0) is 14.6. The number of nitrogens with zero attached hydrogens (tertiary/aromatic N) is 1. The zero-order valence-electron chi connectivity index (χ0n) is 12.7. The Morgan fingerprint density at radius 1 is 1.30 bits per heavy atom. The van der Waals surface area contributed by atoms with E-state index < -0.39 is 0 Å². The molecule has 1 unspecified atom stereocenters. The first-order valence-corrected chi connectivity index (χ1v) is 7.91. The molecule has 114 valence electrons. The summed E-state index contributed by atoms with van der Waals surface area (Å²) in [5.41, 5.74) is -0.196. The van der Waals surface area contributed by atoms with Gasteiger partial charge in [0.05, 0.1) is 5.41 Å². The van der Waals surface area contributed by atoms with E-state index in [1.807, 2.05) is 11.8 Å². The maximum atomic E-state index is 12.7. The molecule has 0 spiro atoms. The van der Waals surface area contributed by atoms with Gasteiger partial charge in [-0.2, -0.15) is 0 Å². The van der Waals surface area contributed by atoms with Crippen LogP contribution in [0.4, 0.5) is 0 Å². The van der Waals surface area contributed by atoms with Crippen molar-refractivity contribution < 1.29 is 9.59 Å². The second-order valence-corrected chi connectivity index (χ2v) is 6.02. The van der Waals surface area contributed by atoms with Crippen molar-refractivity contribution in [1.82, 2.24) is 15.5 Å². The summed E-state index contributed by atoms with van der Waals surface area (Å²) in [5, 5.41) is 6.20. The Labute approximate surface area is 121 Å². The molecule has 2 aliphatic rings. The molecule has 0 saturated carbocycles. The van der Waals surface area contributed by atoms with E-state index in [-0.39, 0.29) is 17.2 Å². The number of likely N-dealkylation sites (tertiary alicyclic amines) is 1. The number of hydrogen-bond acceptors (Lipinski definition) is 3. The van der Waals surface area contributed by atoms with Crippen molar-refractivity contribution in [3.05, 3.63) is 0 Å². The molecule has 0 bridgehead atoms. The van der Waals surface area contributed by atoms with Gasteiger partial charge < -0.3 is 15.5 Å². The third-order valence-corrected chi connectivity index (χ3v) is 4.88. The van der Waals surface area contributed by atoms with Crippen molar-refractivity contribution in [2.24, 2.45) is 11.3 Å². The fourth-order valence-electron chi connectivity index (χ4n) is 3.38. The lowest BCUT2D eigenvalue weighted by Gasteiger charge is -2.37. The van der Waals surface area contributed by atoms with E-state index in [9.17, 15) is 9.59 Å². The van der Waals surface area contributed by atoms with Gasteiger partial charge in [0.25, 0.3) is 0 Å². The topological polar surface area (TPSA) is 61.4 Å². The number of rotatable bonds is 4. The maximum absolute atomic E-state index is 12.7. The molecule has 2 N–H and O–H groups in total. The molecule has 0 aromatic carbocycles. The minimum atomic E-state index is -0.196. The van der Waals surface area contributed by atoms with E-state index >= 15 is 0 Å². The van der Waals surface area contributed by atoms with Crippen LogP contribution in [0, 0.1) is 11.3 Å². The summed E-state index contributed by atoms with van der Waals surface area (Å²) in [5.74, 6) is 0.518. The van der Waals surface area contributed by atoms with E-state index in [0.29, 0.717) is 12.5 Å². The first-order valence-electron chi connectivity index (χ1n) is 7.91. The Balaban J connectivity index is 1.90. The Bertz CT molecular complexity index is 356. The van der Waals surface area contributed by atoms with E-state index in [4.69, 9.17) is 0 Å². The standard InChI is InChI=1S/C15H27N3O2/c1-3-15(7-8-16-11-15)14(20)18-9-5-12(6-10-18)13(19)17-4-2/h12,16H,3-11H2,1-2H3,(H,17,19). The minimum Gasteiger partial charge on any atom is -0.356 e. The van der Waals surface area contributed by atoms with Gasteiger partial charge in [0.15, 0.2) is 0 Å². The number of hydrogen-bond donors (Lipinski definition) is 2. The molecule has 1 atom stereocenters. The van der Waals surface area contributed by atoms with Crippen molar-refractivity contribution in [1.29, 1.82) is 0 Å². The van der Waals surface area contributed by atoms with Gasteiger partial charge in [-0.1, -0.05) is 6.92 Å².